The summed E-state index contributed by atoms with van der Waals surface area (Å²) >= 11 is 0. The van der Waals surface area contributed by atoms with E-state index in [4.69, 9.17) is 9.47 Å². The van der Waals surface area contributed by atoms with E-state index >= 15 is 0 Å². The van der Waals surface area contributed by atoms with E-state index in [1.54, 1.807) is 32.2 Å². The van der Waals surface area contributed by atoms with Crippen molar-refractivity contribution in [2.75, 3.05) is 0 Å². The third kappa shape index (κ3) is 6.94. The van der Waals surface area contributed by atoms with Gasteiger partial charge in [0.1, 0.15) is 12.1 Å². The number of nitrogens with one attached hydrogen (secondary N) is 2. The Morgan fingerprint density at radius 3 is 2.50 bits per heavy atom. The standard InChI is InChI=1S/C28H33N3O9/c1-5-14(2)24-28(38)39-16(4)21(31-25(35)18-9-6-10-20(32)23(18)34)26(36)30-19(12-17-8-7-11-29-13-17)22(33)15(3)27(37)40-24/h6-11,13,15-16,19,21-22,32-34H,5,12H2,1-4H3,(H,30,36)(H,31,35)/b24-14-/t15-,16-,19+,21+,22+/m1/s1. The Balaban J connectivity index is 2.04. The van der Waals surface area contributed by atoms with Crippen LogP contribution in [0.25, 0.3) is 0 Å². The zero-order valence-corrected chi connectivity index (χ0v) is 22.6. The molecule has 1 aliphatic rings. The van der Waals surface area contributed by atoms with Crippen molar-refractivity contribution in [2.24, 2.45) is 5.92 Å². The molecule has 2 amide bonds. The number of hydrogen-bond acceptors (Lipinski definition) is 10. The van der Waals surface area contributed by atoms with Gasteiger partial charge in [0.05, 0.1) is 23.6 Å². The number of rotatable bonds is 5. The van der Waals surface area contributed by atoms with Crippen LogP contribution in [0.3, 0.4) is 0 Å². The van der Waals surface area contributed by atoms with E-state index in [1.165, 1.54) is 38.2 Å². The number of benzene rings is 1. The van der Waals surface area contributed by atoms with Crippen LogP contribution in [0, 0.1) is 5.92 Å². The van der Waals surface area contributed by atoms with Crippen LogP contribution in [0.4, 0.5) is 0 Å². The van der Waals surface area contributed by atoms with Crippen molar-refractivity contribution in [1.82, 2.24) is 15.6 Å². The Labute approximate surface area is 231 Å². The molecule has 5 N–H and O–H groups in total. The van der Waals surface area contributed by atoms with Crippen LogP contribution in [0.5, 0.6) is 11.5 Å². The first-order chi connectivity index (χ1) is 18.9. The Kier molecular flexibility index (Phi) is 9.83. The molecule has 12 nitrogen and oxygen atoms in total. The van der Waals surface area contributed by atoms with Crippen molar-refractivity contribution in [3.8, 4) is 11.5 Å². The van der Waals surface area contributed by atoms with E-state index in [0.717, 1.165) is 0 Å². The van der Waals surface area contributed by atoms with Crippen LogP contribution in [0.1, 0.15) is 50.0 Å². The summed E-state index contributed by atoms with van der Waals surface area (Å²) in [7, 11) is 0. The van der Waals surface area contributed by atoms with Gasteiger partial charge in [-0.1, -0.05) is 19.1 Å². The lowest BCUT2D eigenvalue weighted by atomic mass is 9.92. The fraction of sp³-hybridized carbons (Fsp3) is 0.393. The van der Waals surface area contributed by atoms with Gasteiger partial charge in [-0.15, -0.1) is 0 Å². The molecule has 2 heterocycles. The Morgan fingerprint density at radius 1 is 1.12 bits per heavy atom. The van der Waals surface area contributed by atoms with E-state index < -0.39 is 65.5 Å². The van der Waals surface area contributed by atoms with E-state index in [0.29, 0.717) is 17.6 Å². The first kappa shape index (κ1) is 30.1. The highest BCUT2D eigenvalue weighted by Crippen LogP contribution is 2.28. The second kappa shape index (κ2) is 13.1. The number of amides is 2. The molecule has 2 aromatic rings. The van der Waals surface area contributed by atoms with E-state index in [-0.39, 0.29) is 17.7 Å². The molecular weight excluding hydrogens is 522 g/mol. The van der Waals surface area contributed by atoms with Crippen LogP contribution in [0.15, 0.2) is 54.1 Å². The maximum atomic E-state index is 13.6. The fourth-order valence-electron chi connectivity index (χ4n) is 4.07. The van der Waals surface area contributed by atoms with Crippen LogP contribution in [0.2, 0.25) is 0 Å². The molecule has 0 aliphatic carbocycles. The largest absolute Gasteiger partial charge is 0.504 e. The van der Waals surface area contributed by atoms with Gasteiger partial charge in [-0.2, -0.15) is 0 Å². The number of carbonyl (C=O) groups is 4. The zero-order chi connectivity index (χ0) is 29.6. The second-order valence-electron chi connectivity index (χ2n) is 9.58. The monoisotopic (exact) mass is 555 g/mol. The number of para-hydroxylation sites is 1. The molecule has 1 aromatic heterocycles. The summed E-state index contributed by atoms with van der Waals surface area (Å²) in [5, 5.41) is 36.2. The lowest BCUT2D eigenvalue weighted by molar-refractivity contribution is -0.161. The molecule has 12 heteroatoms. The lowest BCUT2D eigenvalue weighted by Crippen LogP contribution is -2.59. The molecule has 3 rings (SSSR count). The molecule has 1 saturated heterocycles. The summed E-state index contributed by atoms with van der Waals surface area (Å²) in [5.41, 5.74) is 0.715. The highest BCUT2D eigenvalue weighted by molar-refractivity contribution is 6.00. The number of ether oxygens (including phenoxy) is 2. The number of cyclic esters (lactones) is 2. The molecule has 0 unspecified atom stereocenters. The number of aromatic hydroxyl groups is 2. The molecule has 1 aliphatic heterocycles. The fourth-order valence-corrected chi connectivity index (χ4v) is 4.07. The Bertz CT molecular complexity index is 1300. The summed E-state index contributed by atoms with van der Waals surface area (Å²) < 4.78 is 10.9. The number of aliphatic hydroxyl groups is 1. The number of aromatic nitrogens is 1. The molecule has 0 bridgehead atoms. The first-order valence-corrected chi connectivity index (χ1v) is 12.8. The van der Waals surface area contributed by atoms with Crippen molar-refractivity contribution in [2.45, 2.75) is 64.8 Å². The lowest BCUT2D eigenvalue weighted by Gasteiger charge is -2.32. The normalized spacial score (nSPS) is 25.4. The van der Waals surface area contributed by atoms with Crippen molar-refractivity contribution in [3.63, 3.8) is 0 Å². The van der Waals surface area contributed by atoms with Gasteiger partial charge in [-0.3, -0.25) is 19.4 Å². The minimum absolute atomic E-state index is 0.0667. The number of phenols is 2. The first-order valence-electron chi connectivity index (χ1n) is 12.8. The number of esters is 2. The smallest absolute Gasteiger partial charge is 0.374 e. The van der Waals surface area contributed by atoms with Gasteiger partial charge >= 0.3 is 11.9 Å². The van der Waals surface area contributed by atoms with Crippen LogP contribution >= 0.6 is 0 Å². The minimum Gasteiger partial charge on any atom is -0.504 e. The topological polar surface area (TPSA) is 184 Å². The maximum absolute atomic E-state index is 13.6. The Hall–Kier alpha value is -4.45. The summed E-state index contributed by atoms with van der Waals surface area (Å²) in [6.45, 7) is 6.07. The summed E-state index contributed by atoms with van der Waals surface area (Å²) in [5.74, 6) is -6.50. The van der Waals surface area contributed by atoms with E-state index in [9.17, 15) is 34.5 Å². The molecule has 1 aromatic carbocycles. The quantitative estimate of drug-likeness (QED) is 0.206. The average Bonchev–Trinajstić information content (AvgIpc) is 2.93. The van der Waals surface area contributed by atoms with Gasteiger partial charge < -0.3 is 35.4 Å². The second-order valence-corrected chi connectivity index (χ2v) is 9.58. The van der Waals surface area contributed by atoms with Gasteiger partial charge in [0.15, 0.2) is 11.5 Å². The third-order valence-electron chi connectivity index (χ3n) is 6.70. The van der Waals surface area contributed by atoms with Crippen molar-refractivity contribution in [3.05, 3.63) is 65.2 Å². The Morgan fingerprint density at radius 2 is 1.85 bits per heavy atom. The van der Waals surface area contributed by atoms with Gasteiger partial charge in [0.25, 0.3) is 5.91 Å². The molecule has 214 valence electrons. The predicted octanol–water partition coefficient (Wildman–Crippen LogP) is 1.49. The number of aliphatic hydroxyl groups excluding tert-OH is 1. The van der Waals surface area contributed by atoms with Crippen LogP contribution in [-0.2, 0) is 30.3 Å². The number of hydrogen-bond donors (Lipinski definition) is 5. The zero-order valence-electron chi connectivity index (χ0n) is 22.6. The molecule has 5 atom stereocenters. The summed E-state index contributed by atoms with van der Waals surface area (Å²) in [4.78, 5) is 56.7. The van der Waals surface area contributed by atoms with Gasteiger partial charge in [0, 0.05) is 12.4 Å². The predicted molar refractivity (Wildman–Crippen MR) is 141 cm³/mol. The molecule has 40 heavy (non-hydrogen) atoms. The van der Waals surface area contributed by atoms with Crippen molar-refractivity contribution < 1.29 is 44.0 Å². The highest BCUT2D eigenvalue weighted by atomic mass is 16.6. The van der Waals surface area contributed by atoms with Crippen molar-refractivity contribution in [1.29, 1.82) is 0 Å². The molecule has 0 spiro atoms. The maximum Gasteiger partial charge on any atom is 0.374 e. The van der Waals surface area contributed by atoms with Crippen LogP contribution < -0.4 is 10.6 Å². The van der Waals surface area contributed by atoms with E-state index in [1.807, 2.05) is 0 Å². The van der Waals surface area contributed by atoms with Gasteiger partial charge in [0.2, 0.25) is 11.7 Å². The number of phenolic OH excluding ortho intramolecular Hbond substituents is 2. The average molecular weight is 556 g/mol. The number of carbonyl (C=O) groups excluding carboxylic acids is 4. The summed E-state index contributed by atoms with van der Waals surface area (Å²) in [6, 6.07) is 4.57. The number of pyridine rings is 1. The molecule has 1 fully saturated rings. The SMILES string of the molecule is CC/C(C)=C1\OC(=O)[C@H](C)[C@H](O)[C@H](Cc2cccnc2)NC(=O)[C@@H](NC(=O)c2cccc(O)c2O)[C@@H](C)OC1=O. The van der Waals surface area contributed by atoms with Crippen LogP contribution in [-0.4, -0.2) is 68.3 Å². The minimum atomic E-state index is -1.52. The molecule has 0 saturated carbocycles. The highest BCUT2D eigenvalue weighted by Gasteiger charge is 2.39. The van der Waals surface area contributed by atoms with Crippen molar-refractivity contribution >= 4 is 23.8 Å². The third-order valence-corrected chi connectivity index (χ3v) is 6.70. The van der Waals surface area contributed by atoms with E-state index in [2.05, 4.69) is 15.6 Å². The summed E-state index contributed by atoms with van der Waals surface area (Å²) in [6.07, 6.45) is 0.736. The molecule has 0 radical (unpaired) electrons. The number of nitrogens with zero attached hydrogens (tertiary/aromatic N) is 1. The van der Waals surface area contributed by atoms with Gasteiger partial charge in [-0.05, 0) is 62.9 Å². The van der Waals surface area contributed by atoms with Gasteiger partial charge in [-0.25, -0.2) is 4.79 Å². The number of allylic oxidation sites excluding steroid dienone is 1. The molecular formula is C28H33N3O9.